The van der Waals surface area contributed by atoms with E-state index in [4.69, 9.17) is 4.74 Å². The highest BCUT2D eigenvalue weighted by molar-refractivity contribution is 6.05. The van der Waals surface area contributed by atoms with Crippen molar-refractivity contribution in [1.29, 1.82) is 0 Å². The molecule has 1 N–H and O–H groups in total. The summed E-state index contributed by atoms with van der Waals surface area (Å²) in [5.74, 6) is -1.87. The van der Waals surface area contributed by atoms with E-state index < -0.39 is 29.6 Å². The molecule has 4 rings (SSSR count). The highest BCUT2D eigenvalue weighted by Crippen LogP contribution is 2.59. The SMILES string of the molecule is C=CCN(C)C(=O)[C@@H]1[C@H]2C(=O)N(CCCCCO)C(C(=O)N(CC=C)c3ccc(N(CC)CC)cc3)C23CC[C@H]1O3. The number of unbranched alkanes of at least 4 members (excludes halogenated alkanes) is 2. The van der Waals surface area contributed by atoms with Crippen LogP contribution in [0.15, 0.2) is 49.6 Å². The first-order chi connectivity index (χ1) is 19.8. The molecule has 5 atom stereocenters. The Labute approximate surface area is 244 Å². The first-order valence-corrected chi connectivity index (χ1v) is 15.0. The van der Waals surface area contributed by atoms with Gasteiger partial charge in [0.25, 0.3) is 5.91 Å². The minimum atomic E-state index is -1.05. The molecule has 3 saturated heterocycles. The zero-order valence-electron chi connectivity index (χ0n) is 24.8. The monoisotopic (exact) mass is 566 g/mol. The topological polar surface area (TPSA) is 93.6 Å². The molecule has 3 fully saturated rings. The Morgan fingerprint density at radius 3 is 2.32 bits per heavy atom. The Morgan fingerprint density at radius 1 is 1.05 bits per heavy atom. The number of fused-ring (bicyclic) bond motifs is 1. The quantitative estimate of drug-likeness (QED) is 0.259. The van der Waals surface area contributed by atoms with E-state index in [-0.39, 0.29) is 30.9 Å². The summed E-state index contributed by atoms with van der Waals surface area (Å²) in [7, 11) is 1.71. The average Bonchev–Trinajstić information content (AvgIpc) is 3.62. The molecule has 224 valence electrons. The van der Waals surface area contributed by atoms with E-state index in [2.05, 4.69) is 31.9 Å². The molecule has 3 aliphatic heterocycles. The minimum Gasteiger partial charge on any atom is -0.396 e. The second kappa shape index (κ2) is 13.2. The number of aliphatic hydroxyl groups is 1. The van der Waals surface area contributed by atoms with Gasteiger partial charge in [0.1, 0.15) is 11.6 Å². The summed E-state index contributed by atoms with van der Waals surface area (Å²) < 4.78 is 6.60. The number of likely N-dealkylation sites (tertiary alicyclic amines) is 1. The molecule has 9 nitrogen and oxygen atoms in total. The van der Waals surface area contributed by atoms with Crippen molar-refractivity contribution in [3.05, 3.63) is 49.6 Å². The number of amides is 3. The molecule has 0 aliphatic carbocycles. The Balaban J connectivity index is 1.71. The van der Waals surface area contributed by atoms with Crippen LogP contribution in [-0.4, -0.2) is 96.8 Å². The number of benzene rings is 1. The molecule has 2 unspecified atom stereocenters. The smallest absolute Gasteiger partial charge is 0.253 e. The summed E-state index contributed by atoms with van der Waals surface area (Å²) in [4.78, 5) is 49.5. The van der Waals surface area contributed by atoms with Crippen LogP contribution in [-0.2, 0) is 19.1 Å². The number of nitrogens with zero attached hydrogens (tertiary/aromatic N) is 4. The van der Waals surface area contributed by atoms with Gasteiger partial charge in [-0.3, -0.25) is 14.4 Å². The number of likely N-dealkylation sites (N-methyl/N-ethyl adjacent to an activating group) is 1. The third-order valence-corrected chi connectivity index (χ3v) is 9.02. The Morgan fingerprint density at radius 2 is 1.71 bits per heavy atom. The summed E-state index contributed by atoms with van der Waals surface area (Å²) in [5, 5.41) is 9.28. The maximum atomic E-state index is 14.6. The van der Waals surface area contributed by atoms with Crippen LogP contribution in [0.2, 0.25) is 0 Å². The van der Waals surface area contributed by atoms with Gasteiger partial charge in [0, 0.05) is 57.8 Å². The summed E-state index contributed by atoms with van der Waals surface area (Å²) in [6.45, 7) is 14.7. The number of rotatable bonds is 15. The van der Waals surface area contributed by atoms with E-state index in [0.717, 1.165) is 30.9 Å². The molecule has 3 heterocycles. The summed E-state index contributed by atoms with van der Waals surface area (Å²) in [6, 6.07) is 7.07. The second-order valence-corrected chi connectivity index (χ2v) is 11.3. The van der Waals surface area contributed by atoms with Gasteiger partial charge in [0.05, 0.1) is 17.9 Å². The maximum Gasteiger partial charge on any atom is 0.253 e. The van der Waals surface area contributed by atoms with Gasteiger partial charge in [-0.1, -0.05) is 12.2 Å². The van der Waals surface area contributed by atoms with Crippen molar-refractivity contribution in [2.45, 2.75) is 63.7 Å². The van der Waals surface area contributed by atoms with Crippen molar-refractivity contribution in [2.75, 3.05) is 56.2 Å². The third-order valence-electron chi connectivity index (χ3n) is 9.02. The van der Waals surface area contributed by atoms with Crippen molar-refractivity contribution in [3.63, 3.8) is 0 Å². The van der Waals surface area contributed by atoms with Crippen molar-refractivity contribution in [2.24, 2.45) is 11.8 Å². The highest BCUT2D eigenvalue weighted by atomic mass is 16.5. The summed E-state index contributed by atoms with van der Waals surface area (Å²) in [5.41, 5.74) is 0.753. The van der Waals surface area contributed by atoms with Crippen molar-refractivity contribution < 1.29 is 24.2 Å². The maximum absolute atomic E-state index is 14.6. The standard InChI is InChI=1S/C32H46N4O5/c1-6-19-33(5)29(38)26-25-17-18-32(41-25)27(26)30(39)36(21-11-10-12-22-37)28(32)31(40)35(20-7-2)24-15-13-23(14-16-24)34(8-3)9-4/h6-7,13-16,25-28,37H,1-2,8-12,17-22H2,3-5H3/t25-,26+,27+,28?,32?/m1/s1. The molecule has 3 aliphatic rings. The largest absolute Gasteiger partial charge is 0.396 e. The van der Waals surface area contributed by atoms with E-state index in [9.17, 15) is 19.5 Å². The molecular formula is C32H46N4O5. The Hall–Kier alpha value is -3.17. The number of carbonyl (C=O) groups is 3. The number of anilines is 2. The van der Waals surface area contributed by atoms with Crippen LogP contribution in [0.5, 0.6) is 0 Å². The zero-order valence-corrected chi connectivity index (χ0v) is 24.8. The van der Waals surface area contributed by atoms with E-state index in [1.165, 1.54) is 0 Å². The lowest BCUT2D eigenvalue weighted by Crippen LogP contribution is -2.56. The van der Waals surface area contributed by atoms with Gasteiger partial charge in [-0.25, -0.2) is 0 Å². The Bertz CT molecular complexity index is 1120. The van der Waals surface area contributed by atoms with E-state index >= 15 is 0 Å². The van der Waals surface area contributed by atoms with E-state index in [1.54, 1.807) is 33.9 Å². The minimum absolute atomic E-state index is 0.0798. The Kier molecular flexibility index (Phi) is 9.92. The average molecular weight is 567 g/mol. The molecule has 1 spiro atoms. The van der Waals surface area contributed by atoms with Crippen LogP contribution in [0.1, 0.15) is 46.0 Å². The van der Waals surface area contributed by atoms with Crippen molar-refractivity contribution in [1.82, 2.24) is 9.80 Å². The molecule has 1 aromatic rings. The third kappa shape index (κ3) is 5.54. The second-order valence-electron chi connectivity index (χ2n) is 11.3. The van der Waals surface area contributed by atoms with Gasteiger partial charge in [-0.05, 0) is 70.2 Å². The van der Waals surface area contributed by atoms with E-state index in [1.807, 2.05) is 24.3 Å². The fourth-order valence-corrected chi connectivity index (χ4v) is 7.09. The van der Waals surface area contributed by atoms with E-state index in [0.29, 0.717) is 38.8 Å². The lowest BCUT2D eigenvalue weighted by Gasteiger charge is -2.37. The van der Waals surface area contributed by atoms with Gasteiger partial charge < -0.3 is 29.4 Å². The van der Waals surface area contributed by atoms with Gasteiger partial charge in [-0.15, -0.1) is 13.2 Å². The fraction of sp³-hybridized carbons (Fsp3) is 0.594. The first kappa shape index (κ1) is 30.8. The van der Waals surface area contributed by atoms with Crippen molar-refractivity contribution in [3.8, 4) is 0 Å². The molecule has 0 aromatic heterocycles. The summed E-state index contributed by atoms with van der Waals surface area (Å²) in [6.07, 6.45) is 6.15. The summed E-state index contributed by atoms with van der Waals surface area (Å²) >= 11 is 0. The predicted molar refractivity (Wildman–Crippen MR) is 161 cm³/mol. The number of hydrogen-bond donors (Lipinski definition) is 1. The lowest BCUT2D eigenvalue weighted by atomic mass is 9.70. The molecule has 9 heteroatoms. The normalized spacial score (nSPS) is 26.1. The van der Waals surface area contributed by atoms with Gasteiger partial charge in [-0.2, -0.15) is 0 Å². The zero-order chi connectivity index (χ0) is 29.7. The molecule has 41 heavy (non-hydrogen) atoms. The van der Waals surface area contributed by atoms with Crippen LogP contribution < -0.4 is 9.80 Å². The molecule has 1 aromatic carbocycles. The molecule has 3 amide bonds. The van der Waals surface area contributed by atoms with Crippen LogP contribution in [0, 0.1) is 11.8 Å². The molecule has 2 bridgehead atoms. The molecule has 0 saturated carbocycles. The van der Waals surface area contributed by atoms with Crippen LogP contribution in [0.3, 0.4) is 0 Å². The van der Waals surface area contributed by atoms with Crippen LogP contribution in [0.4, 0.5) is 11.4 Å². The van der Waals surface area contributed by atoms with Crippen LogP contribution >= 0.6 is 0 Å². The van der Waals surface area contributed by atoms with Crippen molar-refractivity contribution >= 4 is 29.1 Å². The number of carbonyl (C=O) groups excluding carboxylic acids is 3. The van der Waals surface area contributed by atoms with Gasteiger partial charge in [0.15, 0.2) is 0 Å². The number of ether oxygens (including phenoxy) is 1. The first-order valence-electron chi connectivity index (χ1n) is 15.0. The predicted octanol–water partition coefficient (Wildman–Crippen LogP) is 3.23. The van der Waals surface area contributed by atoms with Gasteiger partial charge >= 0.3 is 0 Å². The lowest BCUT2D eigenvalue weighted by molar-refractivity contribution is -0.144. The fourth-order valence-electron chi connectivity index (χ4n) is 7.09. The number of hydrogen-bond acceptors (Lipinski definition) is 6. The van der Waals surface area contributed by atoms with Gasteiger partial charge in [0.2, 0.25) is 11.8 Å². The molecular weight excluding hydrogens is 520 g/mol. The van der Waals surface area contributed by atoms with Crippen LogP contribution in [0.25, 0.3) is 0 Å². The number of aliphatic hydroxyl groups excluding tert-OH is 1. The molecule has 0 radical (unpaired) electrons. The highest BCUT2D eigenvalue weighted by Gasteiger charge is 2.74.